The number of aromatic amines is 1. The number of pyridine rings is 1. The van der Waals surface area contributed by atoms with Crippen molar-refractivity contribution >= 4 is 10.9 Å². The summed E-state index contributed by atoms with van der Waals surface area (Å²) in [5.41, 5.74) is 6.89. The molecule has 2 aliphatic rings. The van der Waals surface area contributed by atoms with Crippen molar-refractivity contribution in [2.75, 3.05) is 26.3 Å². The summed E-state index contributed by atoms with van der Waals surface area (Å²) in [5, 5.41) is 5.37. The van der Waals surface area contributed by atoms with Crippen LogP contribution >= 0.6 is 0 Å². The first kappa shape index (κ1) is 17.8. The SMILES string of the molecule is CCc1noc(-c2nc(C)c3[nH]c4c(c3c2C)C(N2CCOCC2)CCC4)n1. The first-order valence-electron chi connectivity index (χ1n) is 10.3. The smallest absolute Gasteiger partial charge is 0.276 e. The van der Waals surface area contributed by atoms with Crippen LogP contribution in [0.2, 0.25) is 0 Å². The standard InChI is InChI=1S/C21H27N5O2/c1-4-16-24-21(28-25-16)19-12(2)17-18-14(23-20(17)13(3)22-19)6-5-7-15(18)26-8-10-27-11-9-26/h15,23H,4-11H2,1-3H3. The second-order valence-electron chi connectivity index (χ2n) is 7.86. The Morgan fingerprint density at radius 1 is 1.18 bits per heavy atom. The predicted molar refractivity (Wildman–Crippen MR) is 106 cm³/mol. The van der Waals surface area contributed by atoms with E-state index >= 15 is 0 Å². The molecule has 0 radical (unpaired) electrons. The van der Waals surface area contributed by atoms with Gasteiger partial charge >= 0.3 is 0 Å². The van der Waals surface area contributed by atoms with Crippen molar-refractivity contribution in [2.45, 2.75) is 52.5 Å². The summed E-state index contributed by atoms with van der Waals surface area (Å²) in [6.45, 7) is 9.86. The number of H-pyrrole nitrogens is 1. The van der Waals surface area contributed by atoms with Crippen LogP contribution in [0.25, 0.3) is 22.5 Å². The molecule has 1 saturated heterocycles. The van der Waals surface area contributed by atoms with Crippen molar-refractivity contribution in [3.63, 3.8) is 0 Å². The van der Waals surface area contributed by atoms with Gasteiger partial charge in [0.2, 0.25) is 0 Å². The zero-order valence-electron chi connectivity index (χ0n) is 16.8. The fraction of sp³-hybridized carbons (Fsp3) is 0.571. The summed E-state index contributed by atoms with van der Waals surface area (Å²) in [5.74, 6) is 1.24. The van der Waals surface area contributed by atoms with Crippen LogP contribution in [0.4, 0.5) is 0 Å². The number of nitrogens with zero attached hydrogens (tertiary/aromatic N) is 4. The monoisotopic (exact) mass is 381 g/mol. The number of hydrogen-bond acceptors (Lipinski definition) is 6. The minimum atomic E-state index is 0.434. The maximum atomic E-state index is 5.59. The number of nitrogens with one attached hydrogen (secondary N) is 1. The molecule has 28 heavy (non-hydrogen) atoms. The number of morpholine rings is 1. The highest BCUT2D eigenvalue weighted by Crippen LogP contribution is 2.42. The molecule has 5 rings (SSSR count). The van der Waals surface area contributed by atoms with E-state index in [2.05, 4.69) is 33.9 Å². The normalized spacial score (nSPS) is 20.6. The minimum absolute atomic E-state index is 0.434. The molecule has 1 N–H and O–H groups in total. The van der Waals surface area contributed by atoms with Gasteiger partial charge in [0.15, 0.2) is 5.82 Å². The van der Waals surface area contributed by atoms with Crippen molar-refractivity contribution in [1.29, 1.82) is 0 Å². The first-order valence-corrected chi connectivity index (χ1v) is 10.3. The highest BCUT2D eigenvalue weighted by atomic mass is 16.5. The van der Waals surface area contributed by atoms with Gasteiger partial charge in [-0.25, -0.2) is 4.98 Å². The maximum Gasteiger partial charge on any atom is 0.276 e. The Morgan fingerprint density at radius 2 is 2.00 bits per heavy atom. The quantitative estimate of drug-likeness (QED) is 0.748. The average Bonchev–Trinajstić information content (AvgIpc) is 3.36. The Morgan fingerprint density at radius 3 is 2.75 bits per heavy atom. The molecule has 1 fully saturated rings. The van der Waals surface area contributed by atoms with Crippen molar-refractivity contribution < 1.29 is 9.26 Å². The summed E-state index contributed by atoms with van der Waals surface area (Å²) >= 11 is 0. The molecule has 0 saturated carbocycles. The highest BCUT2D eigenvalue weighted by molar-refractivity contribution is 5.93. The topological polar surface area (TPSA) is 80.1 Å². The zero-order chi connectivity index (χ0) is 19.3. The van der Waals surface area contributed by atoms with Crippen LogP contribution in [-0.4, -0.2) is 51.3 Å². The Labute approximate surface area is 164 Å². The van der Waals surface area contributed by atoms with E-state index in [-0.39, 0.29) is 0 Å². The lowest BCUT2D eigenvalue weighted by atomic mass is 9.88. The van der Waals surface area contributed by atoms with Gasteiger partial charge < -0.3 is 14.2 Å². The lowest BCUT2D eigenvalue weighted by Gasteiger charge is -2.37. The highest BCUT2D eigenvalue weighted by Gasteiger charge is 2.32. The third kappa shape index (κ3) is 2.76. The fourth-order valence-electron chi connectivity index (χ4n) is 4.79. The van der Waals surface area contributed by atoms with Gasteiger partial charge in [0, 0.05) is 36.6 Å². The molecule has 3 aromatic heterocycles. The van der Waals surface area contributed by atoms with Gasteiger partial charge in [0.1, 0.15) is 5.69 Å². The zero-order valence-corrected chi connectivity index (χ0v) is 16.8. The van der Waals surface area contributed by atoms with Crippen LogP contribution < -0.4 is 0 Å². The number of aromatic nitrogens is 4. The Bertz CT molecular complexity index is 1020. The molecular formula is C21H27N5O2. The van der Waals surface area contributed by atoms with Crippen molar-refractivity contribution in [3.05, 3.63) is 28.3 Å². The second-order valence-corrected chi connectivity index (χ2v) is 7.86. The maximum absolute atomic E-state index is 5.59. The van der Waals surface area contributed by atoms with Crippen LogP contribution in [0.1, 0.15) is 54.1 Å². The molecule has 0 spiro atoms. The second kappa shape index (κ2) is 6.97. The van der Waals surface area contributed by atoms with Crippen LogP contribution in [0.5, 0.6) is 0 Å². The lowest BCUT2D eigenvalue weighted by molar-refractivity contribution is 0.0127. The molecule has 148 valence electrons. The van der Waals surface area contributed by atoms with E-state index in [1.807, 2.05) is 6.92 Å². The summed E-state index contributed by atoms with van der Waals surface area (Å²) in [4.78, 5) is 15.7. The largest absolute Gasteiger partial charge is 0.379 e. The molecule has 0 amide bonds. The van der Waals surface area contributed by atoms with E-state index in [0.717, 1.165) is 67.4 Å². The molecule has 1 aliphatic carbocycles. The van der Waals surface area contributed by atoms with Gasteiger partial charge in [-0.1, -0.05) is 12.1 Å². The molecule has 0 bridgehead atoms. The Hall–Kier alpha value is -2.25. The average molecular weight is 381 g/mol. The molecular weight excluding hydrogens is 354 g/mol. The van der Waals surface area contributed by atoms with E-state index in [1.165, 1.54) is 29.5 Å². The van der Waals surface area contributed by atoms with E-state index in [4.69, 9.17) is 14.2 Å². The summed E-state index contributed by atoms with van der Waals surface area (Å²) < 4.78 is 11.1. The predicted octanol–water partition coefficient (Wildman–Crippen LogP) is 3.50. The van der Waals surface area contributed by atoms with Gasteiger partial charge in [0.25, 0.3) is 5.89 Å². The molecule has 1 unspecified atom stereocenters. The van der Waals surface area contributed by atoms with E-state index in [1.54, 1.807) is 0 Å². The van der Waals surface area contributed by atoms with Crippen LogP contribution in [0, 0.1) is 13.8 Å². The lowest BCUT2D eigenvalue weighted by Crippen LogP contribution is -2.40. The van der Waals surface area contributed by atoms with Gasteiger partial charge in [-0.3, -0.25) is 4.90 Å². The molecule has 3 aromatic rings. The third-order valence-corrected chi connectivity index (χ3v) is 6.20. The van der Waals surface area contributed by atoms with Gasteiger partial charge in [-0.05, 0) is 44.2 Å². The molecule has 1 atom stereocenters. The van der Waals surface area contributed by atoms with E-state index in [0.29, 0.717) is 11.9 Å². The Balaban J connectivity index is 1.69. The number of hydrogen-bond donors (Lipinski definition) is 1. The van der Waals surface area contributed by atoms with Crippen molar-refractivity contribution in [2.24, 2.45) is 0 Å². The van der Waals surface area contributed by atoms with Gasteiger partial charge in [-0.2, -0.15) is 4.98 Å². The number of fused-ring (bicyclic) bond motifs is 3. The van der Waals surface area contributed by atoms with E-state index in [9.17, 15) is 0 Å². The molecule has 7 nitrogen and oxygen atoms in total. The Kier molecular flexibility index (Phi) is 4.44. The molecule has 0 aromatic carbocycles. The summed E-state index contributed by atoms with van der Waals surface area (Å²) in [6.07, 6.45) is 4.25. The first-order chi connectivity index (χ1) is 13.7. The van der Waals surface area contributed by atoms with Crippen LogP contribution in [0.3, 0.4) is 0 Å². The number of aryl methyl sites for hydroxylation is 4. The van der Waals surface area contributed by atoms with Gasteiger partial charge in [-0.15, -0.1) is 0 Å². The number of rotatable bonds is 3. The third-order valence-electron chi connectivity index (χ3n) is 6.20. The minimum Gasteiger partial charge on any atom is -0.379 e. The fourth-order valence-corrected chi connectivity index (χ4v) is 4.79. The molecule has 1 aliphatic heterocycles. The summed E-state index contributed by atoms with van der Waals surface area (Å²) in [6, 6.07) is 0.434. The number of ether oxygens (including phenoxy) is 1. The van der Waals surface area contributed by atoms with E-state index < -0.39 is 0 Å². The summed E-state index contributed by atoms with van der Waals surface area (Å²) in [7, 11) is 0. The van der Waals surface area contributed by atoms with Crippen LogP contribution in [-0.2, 0) is 17.6 Å². The molecule has 4 heterocycles. The van der Waals surface area contributed by atoms with Gasteiger partial charge in [0.05, 0.1) is 24.4 Å². The van der Waals surface area contributed by atoms with Crippen molar-refractivity contribution in [3.8, 4) is 11.6 Å². The van der Waals surface area contributed by atoms with Crippen molar-refractivity contribution in [1.82, 2.24) is 25.0 Å². The molecule has 7 heteroatoms. The van der Waals surface area contributed by atoms with Crippen LogP contribution in [0.15, 0.2) is 4.52 Å².